The third kappa shape index (κ3) is 4.01. The van der Waals surface area contributed by atoms with E-state index in [4.69, 9.17) is 0 Å². The van der Waals surface area contributed by atoms with Crippen molar-refractivity contribution >= 4 is 11.6 Å². The van der Waals surface area contributed by atoms with Gasteiger partial charge in [-0.05, 0) is 24.6 Å². The second kappa shape index (κ2) is 7.29. The van der Waals surface area contributed by atoms with Crippen molar-refractivity contribution in [3.63, 3.8) is 0 Å². The molecule has 1 aromatic heterocycles. The number of carbonyl (C=O) groups excluding carboxylic acids is 1. The molecule has 1 N–H and O–H groups in total. The smallest absolute Gasteiger partial charge is 0.387 e. The van der Waals surface area contributed by atoms with Crippen molar-refractivity contribution in [2.45, 2.75) is 25.6 Å². The molecule has 1 atom stereocenters. The van der Waals surface area contributed by atoms with Crippen LogP contribution in [0.1, 0.15) is 6.42 Å². The lowest BCUT2D eigenvalue weighted by atomic mass is 10.2. The minimum Gasteiger partial charge on any atom is -0.433 e. The second-order valence-corrected chi connectivity index (χ2v) is 5.55. The number of carbonyl (C=O) groups is 1. The van der Waals surface area contributed by atoms with E-state index >= 15 is 0 Å². The van der Waals surface area contributed by atoms with E-state index in [0.717, 1.165) is 6.42 Å². The van der Waals surface area contributed by atoms with Crippen LogP contribution in [-0.4, -0.2) is 41.4 Å². The molecule has 2 heterocycles. The van der Waals surface area contributed by atoms with Gasteiger partial charge in [-0.3, -0.25) is 9.48 Å². The Morgan fingerprint density at radius 2 is 2.21 bits per heavy atom. The van der Waals surface area contributed by atoms with Crippen LogP contribution in [0.5, 0.6) is 5.75 Å². The van der Waals surface area contributed by atoms with Gasteiger partial charge in [0, 0.05) is 31.5 Å². The highest BCUT2D eigenvalue weighted by Crippen LogP contribution is 2.31. The van der Waals surface area contributed by atoms with E-state index in [1.54, 1.807) is 41.3 Å². The summed E-state index contributed by atoms with van der Waals surface area (Å²) in [5, 5.41) is 6.94. The number of alkyl halides is 2. The van der Waals surface area contributed by atoms with Crippen molar-refractivity contribution in [1.82, 2.24) is 15.1 Å². The normalized spacial score (nSPS) is 17.3. The summed E-state index contributed by atoms with van der Waals surface area (Å²) in [5.74, 6) is 0.0266. The number of para-hydroxylation sites is 2. The fourth-order valence-electron chi connectivity index (χ4n) is 2.83. The summed E-state index contributed by atoms with van der Waals surface area (Å²) >= 11 is 0. The summed E-state index contributed by atoms with van der Waals surface area (Å²) in [7, 11) is 0. The number of aromatic nitrogens is 2. The summed E-state index contributed by atoms with van der Waals surface area (Å²) < 4.78 is 31.1. The highest BCUT2D eigenvalue weighted by atomic mass is 19.3. The fraction of sp³-hybridized carbons (Fsp3) is 0.375. The predicted molar refractivity (Wildman–Crippen MR) is 84.1 cm³/mol. The topological polar surface area (TPSA) is 59.4 Å². The van der Waals surface area contributed by atoms with E-state index in [1.807, 2.05) is 4.90 Å². The summed E-state index contributed by atoms with van der Waals surface area (Å²) in [6.07, 6.45) is 4.08. The molecule has 1 unspecified atom stereocenters. The zero-order valence-electron chi connectivity index (χ0n) is 12.9. The lowest BCUT2D eigenvalue weighted by Crippen LogP contribution is -2.39. The Labute approximate surface area is 138 Å². The van der Waals surface area contributed by atoms with E-state index in [-0.39, 0.29) is 24.2 Å². The largest absolute Gasteiger partial charge is 0.433 e. The molecule has 0 bridgehead atoms. The molecule has 0 radical (unpaired) electrons. The maximum absolute atomic E-state index is 12.5. The molecule has 24 heavy (non-hydrogen) atoms. The molecule has 8 heteroatoms. The Hall–Kier alpha value is -2.64. The van der Waals surface area contributed by atoms with Gasteiger partial charge in [0.2, 0.25) is 5.91 Å². The SMILES string of the molecule is O=C(Cn1cccn1)NC1CCN(c2ccccc2OC(F)F)C1. The van der Waals surface area contributed by atoms with Crippen molar-refractivity contribution in [1.29, 1.82) is 0 Å². The van der Waals surface area contributed by atoms with Crippen molar-refractivity contribution < 1.29 is 18.3 Å². The molecule has 1 aliphatic heterocycles. The maximum Gasteiger partial charge on any atom is 0.387 e. The van der Waals surface area contributed by atoms with Crippen LogP contribution in [0, 0.1) is 0 Å². The van der Waals surface area contributed by atoms with Crippen molar-refractivity contribution in [3.8, 4) is 5.75 Å². The number of ether oxygens (including phenoxy) is 1. The van der Waals surface area contributed by atoms with Crippen LogP contribution in [0.2, 0.25) is 0 Å². The number of nitrogens with zero attached hydrogens (tertiary/aromatic N) is 3. The van der Waals surface area contributed by atoms with Gasteiger partial charge in [-0.25, -0.2) is 0 Å². The number of benzene rings is 1. The summed E-state index contributed by atoms with van der Waals surface area (Å²) in [4.78, 5) is 13.9. The Bertz CT molecular complexity index is 678. The first-order valence-corrected chi connectivity index (χ1v) is 7.67. The molecular formula is C16H18F2N4O2. The number of hydrogen-bond acceptors (Lipinski definition) is 4. The standard InChI is InChI=1S/C16H18F2N4O2/c17-16(18)24-14-5-2-1-4-13(14)21-9-6-12(10-21)20-15(23)11-22-8-3-7-19-22/h1-5,7-8,12,16H,6,9-11H2,(H,20,23). The molecule has 0 aliphatic carbocycles. The predicted octanol–water partition coefficient (Wildman–Crippen LogP) is 1.88. The first-order chi connectivity index (χ1) is 11.6. The first-order valence-electron chi connectivity index (χ1n) is 7.67. The van der Waals surface area contributed by atoms with Crippen LogP contribution >= 0.6 is 0 Å². The highest BCUT2D eigenvalue weighted by molar-refractivity contribution is 5.76. The minimum absolute atomic E-state index is 0.0346. The number of nitrogens with one attached hydrogen (secondary N) is 1. The van der Waals surface area contributed by atoms with Gasteiger partial charge in [0.15, 0.2) is 0 Å². The number of halogens is 2. The van der Waals surface area contributed by atoms with Crippen molar-refractivity contribution in [3.05, 3.63) is 42.7 Å². The zero-order chi connectivity index (χ0) is 16.9. The van der Waals surface area contributed by atoms with Gasteiger partial charge < -0.3 is 15.0 Å². The monoisotopic (exact) mass is 336 g/mol. The quantitative estimate of drug-likeness (QED) is 0.875. The van der Waals surface area contributed by atoms with Crippen LogP contribution in [0.4, 0.5) is 14.5 Å². The third-order valence-corrected chi connectivity index (χ3v) is 3.84. The number of rotatable bonds is 6. The van der Waals surface area contributed by atoms with E-state index in [0.29, 0.717) is 18.8 Å². The molecule has 1 aromatic carbocycles. The van der Waals surface area contributed by atoms with Crippen LogP contribution in [0.15, 0.2) is 42.7 Å². The Morgan fingerprint density at radius 3 is 2.96 bits per heavy atom. The molecule has 3 rings (SSSR count). The van der Waals surface area contributed by atoms with Crippen LogP contribution in [0.3, 0.4) is 0 Å². The van der Waals surface area contributed by atoms with E-state index in [1.165, 1.54) is 6.07 Å². The summed E-state index contributed by atoms with van der Waals surface area (Å²) in [5.41, 5.74) is 0.613. The number of amides is 1. The number of anilines is 1. The summed E-state index contributed by atoms with van der Waals surface area (Å²) in [6.45, 7) is -1.49. The van der Waals surface area contributed by atoms with Crippen molar-refractivity contribution in [2.24, 2.45) is 0 Å². The summed E-state index contributed by atoms with van der Waals surface area (Å²) in [6, 6.07) is 8.41. The van der Waals surface area contributed by atoms with Gasteiger partial charge in [0.05, 0.1) is 5.69 Å². The van der Waals surface area contributed by atoms with Gasteiger partial charge in [-0.1, -0.05) is 12.1 Å². The molecule has 1 saturated heterocycles. The second-order valence-electron chi connectivity index (χ2n) is 5.55. The average molecular weight is 336 g/mol. The highest BCUT2D eigenvalue weighted by Gasteiger charge is 2.26. The van der Waals surface area contributed by atoms with E-state index < -0.39 is 6.61 Å². The molecular weight excluding hydrogens is 318 g/mol. The minimum atomic E-state index is -2.86. The molecule has 0 spiro atoms. The Kier molecular flexibility index (Phi) is 4.93. The van der Waals surface area contributed by atoms with Gasteiger partial charge >= 0.3 is 6.61 Å². The van der Waals surface area contributed by atoms with E-state index in [9.17, 15) is 13.6 Å². The third-order valence-electron chi connectivity index (χ3n) is 3.84. The van der Waals surface area contributed by atoms with Gasteiger partial charge in [-0.15, -0.1) is 0 Å². The van der Waals surface area contributed by atoms with Crippen LogP contribution < -0.4 is 15.0 Å². The van der Waals surface area contributed by atoms with Gasteiger partial charge in [0.25, 0.3) is 0 Å². The van der Waals surface area contributed by atoms with Gasteiger partial charge in [-0.2, -0.15) is 13.9 Å². The molecule has 0 saturated carbocycles. The van der Waals surface area contributed by atoms with E-state index in [2.05, 4.69) is 15.2 Å². The molecule has 2 aromatic rings. The lowest BCUT2D eigenvalue weighted by Gasteiger charge is -2.22. The maximum atomic E-state index is 12.5. The lowest BCUT2D eigenvalue weighted by molar-refractivity contribution is -0.122. The molecule has 1 amide bonds. The molecule has 6 nitrogen and oxygen atoms in total. The Morgan fingerprint density at radius 1 is 1.38 bits per heavy atom. The Balaban J connectivity index is 1.58. The zero-order valence-corrected chi connectivity index (χ0v) is 12.9. The molecule has 1 fully saturated rings. The average Bonchev–Trinajstić information content (AvgIpc) is 3.19. The molecule has 128 valence electrons. The van der Waals surface area contributed by atoms with Crippen molar-refractivity contribution in [2.75, 3.05) is 18.0 Å². The van der Waals surface area contributed by atoms with Crippen LogP contribution in [0.25, 0.3) is 0 Å². The van der Waals surface area contributed by atoms with Gasteiger partial charge in [0.1, 0.15) is 12.3 Å². The number of hydrogen-bond donors (Lipinski definition) is 1. The fourth-order valence-corrected chi connectivity index (χ4v) is 2.83. The molecule has 1 aliphatic rings. The first kappa shape index (κ1) is 16.2. The van der Waals surface area contributed by atoms with Crippen LogP contribution in [-0.2, 0) is 11.3 Å².